The third-order valence-corrected chi connectivity index (χ3v) is 4.46. The van der Waals surface area contributed by atoms with E-state index in [4.69, 9.17) is 4.74 Å². The van der Waals surface area contributed by atoms with Crippen LogP contribution in [0.3, 0.4) is 0 Å². The van der Waals surface area contributed by atoms with Gasteiger partial charge in [-0.25, -0.2) is 0 Å². The largest absolute Gasteiger partial charge is 0.378 e. The highest BCUT2D eigenvalue weighted by Gasteiger charge is 2.28. The number of hydrogen-bond acceptors (Lipinski definition) is 3. The van der Waals surface area contributed by atoms with Gasteiger partial charge in [-0.05, 0) is 65.5 Å². The number of rotatable bonds is 4. The van der Waals surface area contributed by atoms with Gasteiger partial charge in [0.05, 0.1) is 6.10 Å². The molecule has 0 bridgehead atoms. The van der Waals surface area contributed by atoms with Crippen LogP contribution >= 0.6 is 0 Å². The summed E-state index contributed by atoms with van der Waals surface area (Å²) in [7, 11) is 0. The summed E-state index contributed by atoms with van der Waals surface area (Å²) < 4.78 is 5.69. The van der Waals surface area contributed by atoms with Crippen LogP contribution in [-0.2, 0) is 4.74 Å². The van der Waals surface area contributed by atoms with Crippen molar-refractivity contribution in [3.63, 3.8) is 0 Å². The third kappa shape index (κ3) is 3.94. The average Bonchev–Trinajstić information content (AvgIpc) is 2.37. The predicted molar refractivity (Wildman–Crippen MR) is 75.9 cm³/mol. The second-order valence-corrected chi connectivity index (χ2v) is 6.36. The van der Waals surface area contributed by atoms with Crippen LogP contribution in [0.5, 0.6) is 0 Å². The molecule has 2 aliphatic rings. The van der Waals surface area contributed by atoms with Gasteiger partial charge in [-0.15, -0.1) is 0 Å². The van der Waals surface area contributed by atoms with Gasteiger partial charge in [0.2, 0.25) is 0 Å². The lowest BCUT2D eigenvalue weighted by molar-refractivity contribution is -0.0293. The number of nitrogens with zero attached hydrogens (tertiary/aromatic N) is 1. The minimum Gasteiger partial charge on any atom is -0.378 e. The van der Waals surface area contributed by atoms with E-state index in [-0.39, 0.29) is 0 Å². The van der Waals surface area contributed by atoms with Crippen molar-refractivity contribution in [2.45, 2.75) is 64.6 Å². The lowest BCUT2D eigenvalue weighted by Gasteiger charge is -2.41. The Bertz CT molecular complexity index is 239. The van der Waals surface area contributed by atoms with E-state index in [0.29, 0.717) is 12.1 Å². The fraction of sp³-hybridized carbons (Fsp3) is 1.00. The molecule has 3 nitrogen and oxygen atoms in total. The van der Waals surface area contributed by atoms with E-state index in [1.165, 1.54) is 45.3 Å². The highest BCUT2D eigenvalue weighted by Crippen LogP contribution is 2.23. The minimum absolute atomic E-state index is 0.439. The van der Waals surface area contributed by atoms with Crippen molar-refractivity contribution in [3.8, 4) is 0 Å². The first-order valence-electron chi connectivity index (χ1n) is 7.75. The SMILES string of the molecule is CC1CC(N(CC2CCCNC2)C(C)C)CCO1. The van der Waals surface area contributed by atoms with E-state index in [9.17, 15) is 0 Å². The summed E-state index contributed by atoms with van der Waals surface area (Å²) in [6, 6.07) is 1.39. The molecule has 0 spiro atoms. The lowest BCUT2D eigenvalue weighted by atomic mass is 9.95. The Morgan fingerprint density at radius 3 is 2.78 bits per heavy atom. The van der Waals surface area contributed by atoms with Crippen LogP contribution < -0.4 is 5.32 Å². The van der Waals surface area contributed by atoms with Crippen LogP contribution in [0.4, 0.5) is 0 Å². The topological polar surface area (TPSA) is 24.5 Å². The first-order valence-corrected chi connectivity index (χ1v) is 7.75. The van der Waals surface area contributed by atoms with E-state index in [1.54, 1.807) is 0 Å². The molecule has 2 fully saturated rings. The molecule has 0 aromatic rings. The number of nitrogens with one attached hydrogen (secondary N) is 1. The molecule has 2 saturated heterocycles. The average molecular weight is 254 g/mol. The van der Waals surface area contributed by atoms with Crippen LogP contribution in [0.1, 0.15) is 46.5 Å². The Balaban J connectivity index is 1.89. The number of hydrogen-bond donors (Lipinski definition) is 1. The summed E-state index contributed by atoms with van der Waals surface area (Å²) in [6.07, 6.45) is 5.60. The van der Waals surface area contributed by atoms with E-state index in [0.717, 1.165) is 18.6 Å². The summed E-state index contributed by atoms with van der Waals surface area (Å²) in [5.74, 6) is 0.847. The molecule has 2 aliphatic heterocycles. The monoisotopic (exact) mass is 254 g/mol. The van der Waals surface area contributed by atoms with Gasteiger partial charge in [-0.2, -0.15) is 0 Å². The molecule has 0 aromatic heterocycles. The Morgan fingerprint density at radius 2 is 2.17 bits per heavy atom. The summed E-state index contributed by atoms with van der Waals surface area (Å²) >= 11 is 0. The molecule has 106 valence electrons. The molecule has 0 saturated carbocycles. The second-order valence-electron chi connectivity index (χ2n) is 6.36. The summed E-state index contributed by atoms with van der Waals surface area (Å²) in [4.78, 5) is 2.73. The van der Waals surface area contributed by atoms with E-state index in [1.807, 2.05) is 0 Å². The van der Waals surface area contributed by atoms with Crippen LogP contribution in [0.25, 0.3) is 0 Å². The maximum absolute atomic E-state index is 5.69. The second kappa shape index (κ2) is 6.88. The van der Waals surface area contributed by atoms with Crippen molar-refractivity contribution in [3.05, 3.63) is 0 Å². The van der Waals surface area contributed by atoms with Crippen LogP contribution in [0, 0.1) is 5.92 Å². The van der Waals surface area contributed by atoms with Crippen molar-refractivity contribution in [1.82, 2.24) is 10.2 Å². The number of piperidine rings is 1. The first kappa shape index (κ1) is 14.3. The predicted octanol–water partition coefficient (Wildman–Crippen LogP) is 2.26. The fourth-order valence-electron chi connectivity index (χ4n) is 3.44. The van der Waals surface area contributed by atoms with Gasteiger partial charge in [-0.3, -0.25) is 4.90 Å². The van der Waals surface area contributed by atoms with Gasteiger partial charge in [0.15, 0.2) is 0 Å². The van der Waals surface area contributed by atoms with Crippen LogP contribution in [0.2, 0.25) is 0 Å². The van der Waals surface area contributed by atoms with Crippen molar-refractivity contribution < 1.29 is 4.74 Å². The molecular formula is C15H30N2O. The maximum atomic E-state index is 5.69. The highest BCUT2D eigenvalue weighted by molar-refractivity contribution is 4.83. The normalized spacial score (nSPS) is 34.2. The van der Waals surface area contributed by atoms with Gasteiger partial charge in [-0.1, -0.05) is 0 Å². The molecule has 3 atom stereocenters. The molecule has 0 aromatic carbocycles. The molecule has 0 amide bonds. The molecule has 3 heteroatoms. The van der Waals surface area contributed by atoms with Gasteiger partial charge in [0.25, 0.3) is 0 Å². The van der Waals surface area contributed by atoms with Crippen molar-refractivity contribution in [2.75, 3.05) is 26.2 Å². The zero-order chi connectivity index (χ0) is 13.0. The Labute approximate surface area is 112 Å². The van der Waals surface area contributed by atoms with Gasteiger partial charge in [0, 0.05) is 25.2 Å². The van der Waals surface area contributed by atoms with Crippen molar-refractivity contribution >= 4 is 0 Å². The van der Waals surface area contributed by atoms with Crippen molar-refractivity contribution in [1.29, 1.82) is 0 Å². The van der Waals surface area contributed by atoms with Crippen LogP contribution in [0.15, 0.2) is 0 Å². The molecule has 0 aliphatic carbocycles. The molecule has 1 N–H and O–H groups in total. The summed E-state index contributed by atoms with van der Waals surface area (Å²) in [5, 5.41) is 3.54. The van der Waals surface area contributed by atoms with E-state index < -0.39 is 0 Å². The van der Waals surface area contributed by atoms with E-state index in [2.05, 4.69) is 31.0 Å². The van der Waals surface area contributed by atoms with Crippen LogP contribution in [-0.4, -0.2) is 49.3 Å². The molecule has 3 unspecified atom stereocenters. The summed E-state index contributed by atoms with van der Waals surface area (Å²) in [5.41, 5.74) is 0. The minimum atomic E-state index is 0.439. The fourth-order valence-corrected chi connectivity index (χ4v) is 3.44. The van der Waals surface area contributed by atoms with Crippen molar-refractivity contribution in [2.24, 2.45) is 5.92 Å². The Morgan fingerprint density at radius 1 is 1.33 bits per heavy atom. The third-order valence-electron chi connectivity index (χ3n) is 4.46. The lowest BCUT2D eigenvalue weighted by Crippen LogP contribution is -2.49. The molecule has 2 rings (SSSR count). The zero-order valence-corrected chi connectivity index (χ0v) is 12.3. The molecule has 0 radical (unpaired) electrons. The smallest absolute Gasteiger partial charge is 0.0561 e. The quantitative estimate of drug-likeness (QED) is 0.833. The maximum Gasteiger partial charge on any atom is 0.0561 e. The highest BCUT2D eigenvalue weighted by atomic mass is 16.5. The van der Waals surface area contributed by atoms with Gasteiger partial charge < -0.3 is 10.1 Å². The molecular weight excluding hydrogens is 224 g/mol. The summed E-state index contributed by atoms with van der Waals surface area (Å²) in [6.45, 7) is 11.5. The molecule has 2 heterocycles. The number of ether oxygens (including phenoxy) is 1. The standard InChI is InChI=1S/C15H30N2O/c1-12(2)17(11-14-5-4-7-16-10-14)15-6-8-18-13(3)9-15/h12-16H,4-11H2,1-3H3. The van der Waals surface area contributed by atoms with Gasteiger partial charge in [0.1, 0.15) is 0 Å². The zero-order valence-electron chi connectivity index (χ0n) is 12.3. The Hall–Kier alpha value is -0.120. The van der Waals surface area contributed by atoms with Gasteiger partial charge >= 0.3 is 0 Å². The van der Waals surface area contributed by atoms with E-state index >= 15 is 0 Å². The molecule has 18 heavy (non-hydrogen) atoms. The first-order chi connectivity index (χ1) is 8.66. The Kier molecular flexibility index (Phi) is 5.46.